The van der Waals surface area contributed by atoms with E-state index in [1.165, 1.54) is 6.08 Å². The van der Waals surface area contributed by atoms with Crippen molar-refractivity contribution in [2.45, 2.75) is 0 Å². The van der Waals surface area contributed by atoms with Gasteiger partial charge in [-0.05, 0) is 7.05 Å². The minimum atomic E-state index is -0.349. The highest BCUT2D eigenvalue weighted by Crippen LogP contribution is 1.95. The van der Waals surface area contributed by atoms with Gasteiger partial charge in [0.1, 0.15) is 13.2 Å². The number of carbonyl (C=O) groups is 1. The molecule has 0 aliphatic carbocycles. The number of rotatable bonds is 7. The van der Waals surface area contributed by atoms with Crippen molar-refractivity contribution < 1.29 is 26.4 Å². The Bertz CT molecular complexity index is 196. The number of quaternary nitrogens is 1. The maximum Gasteiger partial charge on any atom is 0.330 e. The van der Waals surface area contributed by atoms with Gasteiger partial charge in [-0.25, -0.2) is 4.79 Å². The molecule has 0 amide bonds. The molecule has 5 heteroatoms. The molecule has 0 aromatic carbocycles. The molecule has 0 radical (unpaired) electrons. The van der Waals surface area contributed by atoms with Crippen LogP contribution in [0.4, 0.5) is 0 Å². The molecule has 90 valence electrons. The number of ether oxygens (including phenoxy) is 1. The lowest BCUT2D eigenvalue weighted by Crippen LogP contribution is -3.00. The average Bonchev–Trinajstić information content (AvgIpc) is 2.14. The van der Waals surface area contributed by atoms with Gasteiger partial charge in [-0.15, -0.1) is 0 Å². The second-order valence-electron chi connectivity index (χ2n) is 3.86. The summed E-state index contributed by atoms with van der Waals surface area (Å²) in [4.78, 5) is 10.8. The van der Waals surface area contributed by atoms with Gasteiger partial charge in [-0.1, -0.05) is 6.58 Å². The molecular weight excluding hydrogens is 216 g/mol. The van der Waals surface area contributed by atoms with Crippen molar-refractivity contribution >= 4 is 5.97 Å². The van der Waals surface area contributed by atoms with Crippen molar-refractivity contribution in [3.8, 4) is 0 Å². The summed E-state index contributed by atoms with van der Waals surface area (Å²) >= 11 is 0. The Morgan fingerprint density at radius 1 is 1.47 bits per heavy atom. The van der Waals surface area contributed by atoms with Crippen molar-refractivity contribution in [1.82, 2.24) is 5.32 Å². The van der Waals surface area contributed by atoms with E-state index in [-0.39, 0.29) is 18.4 Å². The molecular formula is C10H21ClN2O2. The molecule has 1 N–H and O–H groups in total. The standard InChI is InChI=1S/C10H21N2O2.ClH/c1-5-10(13)14-9-8-12(3,4)7-6-11-2;/h5,11H,1,6-9H2,2-4H3;1H/q+1;/p-1. The van der Waals surface area contributed by atoms with Gasteiger partial charge in [0.05, 0.1) is 20.6 Å². The number of hydrogen-bond acceptors (Lipinski definition) is 3. The van der Waals surface area contributed by atoms with Crippen LogP contribution in [-0.4, -0.2) is 57.8 Å². The van der Waals surface area contributed by atoms with Crippen LogP contribution < -0.4 is 17.7 Å². The van der Waals surface area contributed by atoms with E-state index in [0.717, 1.165) is 24.1 Å². The van der Waals surface area contributed by atoms with E-state index in [0.29, 0.717) is 6.61 Å². The maximum absolute atomic E-state index is 10.8. The van der Waals surface area contributed by atoms with E-state index >= 15 is 0 Å². The highest BCUT2D eigenvalue weighted by Gasteiger charge is 2.14. The summed E-state index contributed by atoms with van der Waals surface area (Å²) in [7, 11) is 6.15. The van der Waals surface area contributed by atoms with E-state index in [1.807, 2.05) is 7.05 Å². The molecule has 0 saturated heterocycles. The molecule has 0 saturated carbocycles. The van der Waals surface area contributed by atoms with Gasteiger partial charge in [0.2, 0.25) is 0 Å². The molecule has 0 aliphatic rings. The highest BCUT2D eigenvalue weighted by molar-refractivity contribution is 5.81. The van der Waals surface area contributed by atoms with Crippen LogP contribution in [0.1, 0.15) is 0 Å². The largest absolute Gasteiger partial charge is 1.00 e. The lowest BCUT2D eigenvalue weighted by Gasteiger charge is -2.29. The van der Waals surface area contributed by atoms with Crippen LogP contribution in [0, 0.1) is 0 Å². The third-order valence-electron chi connectivity index (χ3n) is 2.07. The van der Waals surface area contributed by atoms with Crippen molar-refractivity contribution in [1.29, 1.82) is 0 Å². The van der Waals surface area contributed by atoms with E-state index in [4.69, 9.17) is 4.74 Å². The Kier molecular flexibility index (Phi) is 9.77. The molecule has 0 aromatic rings. The first kappa shape index (κ1) is 16.8. The Morgan fingerprint density at radius 3 is 2.53 bits per heavy atom. The van der Waals surface area contributed by atoms with Gasteiger partial charge >= 0.3 is 5.97 Å². The van der Waals surface area contributed by atoms with Crippen molar-refractivity contribution in [2.75, 3.05) is 47.4 Å². The third-order valence-corrected chi connectivity index (χ3v) is 2.07. The van der Waals surface area contributed by atoms with Crippen molar-refractivity contribution in [3.05, 3.63) is 12.7 Å². The van der Waals surface area contributed by atoms with Gasteiger partial charge in [0.25, 0.3) is 0 Å². The van der Waals surface area contributed by atoms with Crippen LogP contribution in [0.2, 0.25) is 0 Å². The van der Waals surface area contributed by atoms with E-state index in [9.17, 15) is 4.79 Å². The fourth-order valence-corrected chi connectivity index (χ4v) is 0.979. The first-order valence-electron chi connectivity index (χ1n) is 4.77. The summed E-state index contributed by atoms with van der Waals surface area (Å²) < 4.78 is 5.75. The normalized spacial score (nSPS) is 10.3. The number of likely N-dealkylation sites (N-methyl/N-ethyl adjacent to an activating group) is 2. The molecule has 4 nitrogen and oxygen atoms in total. The van der Waals surface area contributed by atoms with Crippen molar-refractivity contribution in [2.24, 2.45) is 0 Å². The zero-order chi connectivity index (χ0) is 11.0. The lowest BCUT2D eigenvalue weighted by molar-refractivity contribution is -0.889. The predicted molar refractivity (Wildman–Crippen MR) is 56.9 cm³/mol. The minimum absolute atomic E-state index is 0. The highest BCUT2D eigenvalue weighted by atomic mass is 35.5. The van der Waals surface area contributed by atoms with Crippen LogP contribution >= 0.6 is 0 Å². The first-order chi connectivity index (χ1) is 6.52. The molecule has 15 heavy (non-hydrogen) atoms. The summed E-state index contributed by atoms with van der Waals surface area (Å²) in [5.41, 5.74) is 0. The van der Waals surface area contributed by atoms with Crippen LogP contribution in [0.25, 0.3) is 0 Å². The fourth-order valence-electron chi connectivity index (χ4n) is 0.979. The van der Waals surface area contributed by atoms with Gasteiger partial charge in [0, 0.05) is 12.6 Å². The molecule has 0 heterocycles. The summed E-state index contributed by atoms with van der Waals surface area (Å²) in [6.45, 7) is 6.58. The summed E-state index contributed by atoms with van der Waals surface area (Å²) in [6, 6.07) is 0. The molecule has 0 atom stereocenters. The first-order valence-corrected chi connectivity index (χ1v) is 4.77. The zero-order valence-corrected chi connectivity index (χ0v) is 10.5. The molecule has 0 bridgehead atoms. The topological polar surface area (TPSA) is 38.3 Å². The smallest absolute Gasteiger partial charge is 0.330 e. The molecule has 0 unspecified atom stereocenters. The van der Waals surface area contributed by atoms with Gasteiger partial charge in [0.15, 0.2) is 0 Å². The van der Waals surface area contributed by atoms with E-state index in [2.05, 4.69) is 26.0 Å². The molecule has 0 aromatic heterocycles. The van der Waals surface area contributed by atoms with Crippen LogP contribution in [0.5, 0.6) is 0 Å². The number of nitrogens with one attached hydrogen (secondary N) is 1. The SMILES string of the molecule is C=CC(=O)OCC[N+](C)(C)CCNC.[Cl-]. The second-order valence-corrected chi connectivity index (χ2v) is 3.86. The molecule has 0 aliphatic heterocycles. The number of nitrogens with zero attached hydrogens (tertiary/aromatic N) is 1. The van der Waals surface area contributed by atoms with Gasteiger partial charge in [-0.3, -0.25) is 0 Å². The fraction of sp³-hybridized carbons (Fsp3) is 0.700. The monoisotopic (exact) mass is 236 g/mol. The lowest BCUT2D eigenvalue weighted by atomic mass is 10.4. The summed E-state index contributed by atoms with van der Waals surface area (Å²) in [6.07, 6.45) is 1.19. The van der Waals surface area contributed by atoms with Crippen LogP contribution in [0.3, 0.4) is 0 Å². The minimum Gasteiger partial charge on any atom is -1.00 e. The third kappa shape index (κ3) is 9.72. The molecule has 0 rings (SSSR count). The number of hydrogen-bond donors (Lipinski definition) is 1. The number of esters is 1. The Hall–Kier alpha value is -0.580. The summed E-state index contributed by atoms with van der Waals surface area (Å²) in [5, 5.41) is 3.09. The quantitative estimate of drug-likeness (QED) is 0.291. The second kappa shape index (κ2) is 8.71. The summed E-state index contributed by atoms with van der Waals surface area (Å²) in [5.74, 6) is -0.349. The van der Waals surface area contributed by atoms with Gasteiger partial charge in [-0.2, -0.15) is 0 Å². The van der Waals surface area contributed by atoms with Crippen LogP contribution in [-0.2, 0) is 9.53 Å². The Labute approximate surface area is 98.3 Å². The molecule has 0 spiro atoms. The van der Waals surface area contributed by atoms with Gasteiger partial charge < -0.3 is 26.9 Å². The number of carbonyl (C=O) groups excluding carboxylic acids is 1. The zero-order valence-electron chi connectivity index (χ0n) is 9.75. The molecule has 0 fully saturated rings. The Balaban J connectivity index is 0. The van der Waals surface area contributed by atoms with Crippen molar-refractivity contribution in [3.63, 3.8) is 0 Å². The Morgan fingerprint density at radius 2 is 2.07 bits per heavy atom. The predicted octanol–water partition coefficient (Wildman–Crippen LogP) is -2.98. The van der Waals surface area contributed by atoms with E-state index < -0.39 is 0 Å². The van der Waals surface area contributed by atoms with Crippen LogP contribution in [0.15, 0.2) is 12.7 Å². The van der Waals surface area contributed by atoms with E-state index in [1.54, 1.807) is 0 Å². The maximum atomic E-state index is 10.8. The average molecular weight is 237 g/mol. The number of halogens is 1.